The van der Waals surface area contributed by atoms with Gasteiger partial charge < -0.3 is 27.0 Å². The number of hydrogen-bond donors (Lipinski definition) is 5. The third-order valence-corrected chi connectivity index (χ3v) is 7.52. The van der Waals surface area contributed by atoms with E-state index in [1.807, 2.05) is 36.4 Å². The second kappa shape index (κ2) is 11.5. The highest BCUT2D eigenvalue weighted by molar-refractivity contribution is 6.03. The van der Waals surface area contributed by atoms with Crippen LogP contribution in [0.15, 0.2) is 61.1 Å². The van der Waals surface area contributed by atoms with E-state index < -0.39 is 17.8 Å². The number of amides is 2. The van der Waals surface area contributed by atoms with Gasteiger partial charge in [-0.2, -0.15) is 0 Å². The third-order valence-electron chi connectivity index (χ3n) is 7.52. The lowest BCUT2D eigenvalue weighted by molar-refractivity contribution is -0.123. The Labute approximate surface area is 236 Å². The molecule has 2 saturated carbocycles. The van der Waals surface area contributed by atoms with E-state index >= 15 is 0 Å². The fourth-order valence-corrected chi connectivity index (χ4v) is 5.10. The van der Waals surface area contributed by atoms with Crippen LogP contribution in [0, 0.1) is 5.82 Å². The predicted molar refractivity (Wildman–Crippen MR) is 153 cm³/mol. The molecule has 0 radical (unpaired) electrons. The summed E-state index contributed by atoms with van der Waals surface area (Å²) in [5.74, 6) is -0.737. The maximum absolute atomic E-state index is 14.1. The second-order valence-electron chi connectivity index (χ2n) is 10.6. The molecule has 1 aromatic carbocycles. The summed E-state index contributed by atoms with van der Waals surface area (Å²) in [6, 6.07) is 12.5. The van der Waals surface area contributed by atoms with E-state index in [1.54, 1.807) is 0 Å². The molecule has 0 unspecified atom stereocenters. The summed E-state index contributed by atoms with van der Waals surface area (Å²) in [5.41, 5.74) is 8.45. The van der Waals surface area contributed by atoms with Crippen molar-refractivity contribution in [3.63, 3.8) is 0 Å². The Bertz CT molecular complexity index is 1550. The van der Waals surface area contributed by atoms with Gasteiger partial charge in [0.25, 0.3) is 5.91 Å². The number of imidazole rings is 1. The highest BCUT2D eigenvalue weighted by Gasteiger charge is 2.27. The number of carbonyl (C=O) groups excluding carboxylic acids is 2. The van der Waals surface area contributed by atoms with Crippen molar-refractivity contribution in [1.82, 2.24) is 24.9 Å². The standard InChI is InChI=1S/C29H32FN9O2/c30-21-15-32-13-12-22(21)37-28(40)24-16-33-27-23(34-18-6-7-18)14-25(38-39(24)27)35-19-8-10-20(11-9-19)36-29(41)26(31)17-4-2-1-3-5-17/h1-5,12-16,18-20,26,34H,6-11,31H2,(H,35,38)(H,36,41)(H,32,37,40)/t19?,20?,26-/m1/s1. The highest BCUT2D eigenvalue weighted by Crippen LogP contribution is 2.30. The van der Waals surface area contributed by atoms with Crippen molar-refractivity contribution in [2.75, 3.05) is 16.0 Å². The number of nitrogens with two attached hydrogens (primary N) is 1. The molecule has 2 amide bonds. The number of nitrogens with zero attached hydrogens (tertiary/aromatic N) is 4. The quantitative estimate of drug-likeness (QED) is 0.209. The smallest absolute Gasteiger partial charge is 0.276 e. The summed E-state index contributed by atoms with van der Waals surface area (Å²) in [4.78, 5) is 33.9. The second-order valence-corrected chi connectivity index (χ2v) is 10.6. The molecule has 11 nitrogen and oxygen atoms in total. The zero-order valence-corrected chi connectivity index (χ0v) is 22.4. The molecule has 2 fully saturated rings. The molecule has 41 heavy (non-hydrogen) atoms. The van der Waals surface area contributed by atoms with Gasteiger partial charge in [0.15, 0.2) is 17.2 Å². The van der Waals surface area contributed by atoms with E-state index in [-0.39, 0.29) is 29.4 Å². The SMILES string of the molecule is N[C@@H](C(=O)NC1CCC(Nc2cc(NC3CC3)c3ncc(C(=O)Nc4ccncc4F)n3n2)CC1)c1ccccc1. The van der Waals surface area contributed by atoms with Crippen molar-refractivity contribution in [3.8, 4) is 0 Å². The average molecular weight is 558 g/mol. The molecule has 6 N–H and O–H groups in total. The molecular weight excluding hydrogens is 525 g/mol. The lowest BCUT2D eigenvalue weighted by Crippen LogP contribution is -2.44. The molecule has 2 aliphatic carbocycles. The minimum atomic E-state index is -0.697. The third kappa shape index (κ3) is 6.12. The summed E-state index contributed by atoms with van der Waals surface area (Å²) in [7, 11) is 0. The molecule has 0 bridgehead atoms. The molecule has 1 atom stereocenters. The molecule has 0 saturated heterocycles. The molecule has 212 valence electrons. The van der Waals surface area contributed by atoms with Crippen LogP contribution in [-0.2, 0) is 4.79 Å². The lowest BCUT2D eigenvalue weighted by Gasteiger charge is -2.30. The van der Waals surface area contributed by atoms with E-state index in [4.69, 9.17) is 5.73 Å². The summed E-state index contributed by atoms with van der Waals surface area (Å²) in [5, 5.41) is 17.3. The van der Waals surface area contributed by atoms with Crippen LogP contribution in [0.1, 0.15) is 60.6 Å². The van der Waals surface area contributed by atoms with Gasteiger partial charge in [0.05, 0.1) is 23.8 Å². The largest absolute Gasteiger partial charge is 0.379 e. The van der Waals surface area contributed by atoms with E-state index in [9.17, 15) is 14.0 Å². The zero-order chi connectivity index (χ0) is 28.3. The van der Waals surface area contributed by atoms with Crippen LogP contribution >= 0.6 is 0 Å². The first-order chi connectivity index (χ1) is 19.9. The molecule has 0 spiro atoms. The first-order valence-corrected chi connectivity index (χ1v) is 13.9. The average Bonchev–Trinajstić information content (AvgIpc) is 3.70. The predicted octanol–water partition coefficient (Wildman–Crippen LogP) is 3.63. The van der Waals surface area contributed by atoms with Crippen molar-refractivity contribution >= 4 is 34.7 Å². The van der Waals surface area contributed by atoms with Crippen molar-refractivity contribution in [1.29, 1.82) is 0 Å². The Morgan fingerprint density at radius 2 is 1.63 bits per heavy atom. The van der Waals surface area contributed by atoms with Gasteiger partial charge in [-0.25, -0.2) is 13.9 Å². The number of anilines is 3. The Balaban J connectivity index is 1.14. The van der Waals surface area contributed by atoms with Gasteiger partial charge in [0.1, 0.15) is 11.9 Å². The number of rotatable bonds is 9. The van der Waals surface area contributed by atoms with Crippen molar-refractivity contribution < 1.29 is 14.0 Å². The Hall–Kier alpha value is -4.58. The van der Waals surface area contributed by atoms with Crippen molar-refractivity contribution in [2.24, 2.45) is 5.73 Å². The fraction of sp³-hybridized carbons (Fsp3) is 0.345. The van der Waals surface area contributed by atoms with Crippen LogP contribution in [0.25, 0.3) is 5.65 Å². The number of aromatic nitrogens is 4. The minimum Gasteiger partial charge on any atom is -0.379 e. The topological polar surface area (TPSA) is 151 Å². The number of halogens is 1. The summed E-state index contributed by atoms with van der Waals surface area (Å²) in [6.45, 7) is 0. The van der Waals surface area contributed by atoms with Crippen LogP contribution in [-0.4, -0.2) is 49.5 Å². The molecule has 3 aromatic heterocycles. The van der Waals surface area contributed by atoms with E-state index in [0.717, 1.165) is 56.0 Å². The van der Waals surface area contributed by atoms with Gasteiger partial charge in [-0.05, 0) is 50.2 Å². The van der Waals surface area contributed by atoms with E-state index in [2.05, 4.69) is 36.3 Å². The molecular formula is C29H32FN9O2. The van der Waals surface area contributed by atoms with Crippen LogP contribution in [0.2, 0.25) is 0 Å². The lowest BCUT2D eigenvalue weighted by atomic mass is 9.90. The van der Waals surface area contributed by atoms with Crippen molar-refractivity contribution in [2.45, 2.75) is 62.7 Å². The van der Waals surface area contributed by atoms with E-state index in [1.165, 1.54) is 23.0 Å². The zero-order valence-electron chi connectivity index (χ0n) is 22.4. The summed E-state index contributed by atoms with van der Waals surface area (Å²) >= 11 is 0. The Morgan fingerprint density at radius 1 is 0.927 bits per heavy atom. The monoisotopic (exact) mass is 557 g/mol. The van der Waals surface area contributed by atoms with Crippen molar-refractivity contribution in [3.05, 3.63) is 78.1 Å². The molecule has 0 aliphatic heterocycles. The number of fused-ring (bicyclic) bond motifs is 1. The molecule has 12 heteroatoms. The van der Waals surface area contributed by atoms with Gasteiger partial charge >= 0.3 is 0 Å². The van der Waals surface area contributed by atoms with Gasteiger partial charge in [-0.15, -0.1) is 5.10 Å². The number of pyridine rings is 1. The summed E-state index contributed by atoms with van der Waals surface area (Å²) in [6.07, 6.45) is 9.28. The first kappa shape index (κ1) is 26.6. The van der Waals surface area contributed by atoms with Gasteiger partial charge in [0.2, 0.25) is 5.91 Å². The number of carbonyl (C=O) groups is 2. The normalized spacial score (nSPS) is 19.4. The van der Waals surface area contributed by atoms with Gasteiger partial charge in [-0.3, -0.25) is 14.6 Å². The fourth-order valence-electron chi connectivity index (χ4n) is 5.10. The van der Waals surface area contributed by atoms with Gasteiger partial charge in [-0.1, -0.05) is 30.3 Å². The molecule has 2 aliphatic rings. The first-order valence-electron chi connectivity index (χ1n) is 13.9. The van der Waals surface area contributed by atoms with Crippen LogP contribution in [0.4, 0.5) is 21.6 Å². The summed E-state index contributed by atoms with van der Waals surface area (Å²) < 4.78 is 15.6. The highest BCUT2D eigenvalue weighted by atomic mass is 19.1. The Kier molecular flexibility index (Phi) is 7.47. The molecule has 4 aromatic rings. The molecule has 6 rings (SSSR count). The number of hydrogen-bond acceptors (Lipinski definition) is 8. The minimum absolute atomic E-state index is 0.0270. The number of nitrogens with one attached hydrogen (secondary N) is 4. The van der Waals surface area contributed by atoms with Crippen LogP contribution in [0.5, 0.6) is 0 Å². The van der Waals surface area contributed by atoms with Crippen LogP contribution in [0.3, 0.4) is 0 Å². The maximum atomic E-state index is 14.1. The van der Waals surface area contributed by atoms with Crippen LogP contribution < -0.4 is 27.0 Å². The number of benzene rings is 1. The van der Waals surface area contributed by atoms with Gasteiger partial charge in [0, 0.05) is 30.4 Å². The molecule has 3 heterocycles. The maximum Gasteiger partial charge on any atom is 0.276 e. The Morgan fingerprint density at radius 3 is 2.37 bits per heavy atom. The van der Waals surface area contributed by atoms with E-state index in [0.29, 0.717) is 17.5 Å².